The van der Waals surface area contributed by atoms with Crippen molar-refractivity contribution in [2.75, 3.05) is 31.6 Å². The molecule has 2 aromatic carbocycles. The maximum absolute atomic E-state index is 14.8. The van der Waals surface area contributed by atoms with Crippen LogP contribution in [0.5, 0.6) is 0 Å². The first-order valence-corrected chi connectivity index (χ1v) is 12.4. The molecule has 16 heteroatoms. The molecule has 8 N–H and O–H groups in total. The SMILES string of the molecule is [B]C(O)(c1ccc(F)c(CNc2cccc3c2CN(C2(O)C(=O)NC(=O)C(O)(O)C2(O)O)C3=O)c1)N1CCOCC1. The first kappa shape index (κ1) is 29.0. The van der Waals surface area contributed by atoms with Crippen LogP contribution >= 0.6 is 0 Å². The average molecular weight is 572 g/mol. The molecule has 2 atom stereocenters. The predicted octanol–water partition coefficient (Wildman–Crippen LogP) is -3.30. The fourth-order valence-corrected chi connectivity index (χ4v) is 5.12. The quantitative estimate of drug-likeness (QED) is 0.0972. The highest BCUT2D eigenvalue weighted by atomic mass is 19.1. The van der Waals surface area contributed by atoms with E-state index in [2.05, 4.69) is 5.32 Å². The van der Waals surface area contributed by atoms with E-state index in [4.69, 9.17) is 12.6 Å². The molecule has 2 saturated heterocycles. The van der Waals surface area contributed by atoms with Crippen LogP contribution in [0, 0.1) is 5.82 Å². The number of nitrogens with zero attached hydrogens (tertiary/aromatic N) is 2. The van der Waals surface area contributed by atoms with Gasteiger partial charge < -0.3 is 40.7 Å². The standard InChI is InChI=1S/C25H26BFN4O10/c26-24(38,30-6-8-41-9-7-30)14-4-5-17(27)13(10-14)11-28-18-3-1-2-15-16(18)12-31(19(15)32)22(35)20(33)29-21(34)23(36,37)25(22,39)40/h1-5,10,28,35-40H,6-9,11-12H2,(H,29,33,34). The van der Waals surface area contributed by atoms with Crippen LogP contribution in [-0.4, -0.2) is 110 Å². The Bertz CT molecular complexity index is 1430. The number of anilines is 1. The van der Waals surface area contributed by atoms with Gasteiger partial charge in [0.25, 0.3) is 29.2 Å². The third kappa shape index (κ3) is 4.31. The van der Waals surface area contributed by atoms with Gasteiger partial charge in [-0.05, 0) is 29.8 Å². The minimum absolute atomic E-state index is 0.0947. The Morgan fingerprint density at radius 3 is 2.41 bits per heavy atom. The summed E-state index contributed by atoms with van der Waals surface area (Å²) in [6, 6.07) is 8.09. The predicted molar refractivity (Wildman–Crippen MR) is 135 cm³/mol. The lowest BCUT2D eigenvalue weighted by Crippen LogP contribution is -2.85. The number of aliphatic hydroxyl groups is 6. The first-order chi connectivity index (χ1) is 19.1. The lowest BCUT2D eigenvalue weighted by Gasteiger charge is -2.50. The smallest absolute Gasteiger partial charge is 0.306 e. The second-order valence-electron chi connectivity index (χ2n) is 10.0. The molecular weight excluding hydrogens is 546 g/mol. The second kappa shape index (κ2) is 9.82. The number of morpholine rings is 1. The molecule has 3 aliphatic rings. The lowest BCUT2D eigenvalue weighted by atomic mass is 9.81. The van der Waals surface area contributed by atoms with Crippen molar-refractivity contribution in [2.24, 2.45) is 0 Å². The Labute approximate surface area is 233 Å². The number of ether oxygens (including phenoxy) is 1. The molecule has 3 heterocycles. The molecule has 3 aliphatic heterocycles. The topological polar surface area (TPSA) is 212 Å². The molecule has 0 aliphatic carbocycles. The number of hydrogen-bond acceptors (Lipinski definition) is 12. The van der Waals surface area contributed by atoms with Gasteiger partial charge in [0.05, 0.1) is 25.4 Å². The summed E-state index contributed by atoms with van der Waals surface area (Å²) in [4.78, 5) is 39.4. The maximum atomic E-state index is 14.8. The van der Waals surface area contributed by atoms with Gasteiger partial charge in [-0.1, -0.05) is 12.1 Å². The van der Waals surface area contributed by atoms with E-state index < -0.39 is 53.0 Å². The Morgan fingerprint density at radius 2 is 1.73 bits per heavy atom. The third-order valence-corrected chi connectivity index (χ3v) is 7.62. The zero-order valence-corrected chi connectivity index (χ0v) is 21.4. The highest BCUT2D eigenvalue weighted by Gasteiger charge is 2.76. The molecule has 0 aromatic heterocycles. The van der Waals surface area contributed by atoms with Crippen LogP contribution < -0.4 is 10.6 Å². The van der Waals surface area contributed by atoms with E-state index in [1.165, 1.54) is 35.6 Å². The monoisotopic (exact) mass is 572 g/mol. The van der Waals surface area contributed by atoms with Gasteiger partial charge in [0, 0.05) is 42.0 Å². The first-order valence-electron chi connectivity index (χ1n) is 12.4. The van der Waals surface area contributed by atoms with E-state index in [-0.39, 0.29) is 39.4 Å². The number of carbonyl (C=O) groups excluding carboxylic acids is 3. The molecular formula is C25H26BFN4O10. The third-order valence-electron chi connectivity index (χ3n) is 7.62. The Kier molecular flexibility index (Phi) is 6.95. The molecule has 3 amide bonds. The minimum Gasteiger partial charge on any atom is -0.381 e. The highest BCUT2D eigenvalue weighted by molar-refractivity contribution is 6.14. The van der Waals surface area contributed by atoms with E-state index in [9.17, 15) is 49.4 Å². The molecule has 0 bridgehead atoms. The van der Waals surface area contributed by atoms with Crippen LogP contribution in [0.4, 0.5) is 10.1 Å². The number of piperidine rings is 1. The minimum atomic E-state index is -4.23. The number of imide groups is 1. The summed E-state index contributed by atoms with van der Waals surface area (Å²) < 4.78 is 20.0. The lowest BCUT2D eigenvalue weighted by molar-refractivity contribution is -0.407. The fourth-order valence-electron chi connectivity index (χ4n) is 5.12. The summed E-state index contributed by atoms with van der Waals surface area (Å²) in [5, 5.41) is 67.0. The van der Waals surface area contributed by atoms with Crippen molar-refractivity contribution in [2.45, 2.75) is 36.0 Å². The summed E-state index contributed by atoms with van der Waals surface area (Å²) in [5.74, 6) is -13.7. The molecule has 2 radical (unpaired) electrons. The summed E-state index contributed by atoms with van der Waals surface area (Å²) in [6.07, 6.45) is 0. The second-order valence-corrected chi connectivity index (χ2v) is 10.0. The van der Waals surface area contributed by atoms with Crippen molar-refractivity contribution >= 4 is 31.3 Å². The van der Waals surface area contributed by atoms with E-state index in [1.54, 1.807) is 4.90 Å². The van der Waals surface area contributed by atoms with Gasteiger partial charge in [-0.2, -0.15) is 0 Å². The van der Waals surface area contributed by atoms with Crippen molar-refractivity contribution in [3.05, 3.63) is 64.5 Å². The molecule has 2 unspecified atom stereocenters. The van der Waals surface area contributed by atoms with Gasteiger partial charge in [-0.15, -0.1) is 0 Å². The molecule has 41 heavy (non-hydrogen) atoms. The van der Waals surface area contributed by atoms with Crippen LogP contribution in [0.2, 0.25) is 0 Å². The van der Waals surface area contributed by atoms with Crippen molar-refractivity contribution in [3.8, 4) is 0 Å². The molecule has 2 aromatic rings. The highest BCUT2D eigenvalue weighted by Crippen LogP contribution is 2.42. The number of rotatable bonds is 6. The summed E-state index contributed by atoms with van der Waals surface area (Å²) in [7, 11) is 6.17. The van der Waals surface area contributed by atoms with Crippen molar-refractivity contribution in [3.63, 3.8) is 0 Å². The molecule has 216 valence electrons. The fraction of sp³-hybridized carbons (Fsp3) is 0.400. The van der Waals surface area contributed by atoms with E-state index in [1.807, 2.05) is 0 Å². The average Bonchev–Trinajstić information content (AvgIpc) is 3.28. The number of amides is 3. The number of carbonyl (C=O) groups is 3. The summed E-state index contributed by atoms with van der Waals surface area (Å²) in [5.41, 5.74) is -5.05. The molecule has 5 rings (SSSR count). The zero-order chi connectivity index (χ0) is 30.0. The van der Waals surface area contributed by atoms with Crippen LogP contribution in [0.25, 0.3) is 0 Å². The van der Waals surface area contributed by atoms with Gasteiger partial charge in [-0.25, -0.2) is 4.39 Å². The van der Waals surface area contributed by atoms with E-state index >= 15 is 0 Å². The van der Waals surface area contributed by atoms with Crippen molar-refractivity contribution in [1.82, 2.24) is 15.1 Å². The molecule has 0 saturated carbocycles. The van der Waals surface area contributed by atoms with Gasteiger partial charge >= 0.3 is 5.79 Å². The van der Waals surface area contributed by atoms with Crippen molar-refractivity contribution < 1.29 is 54.2 Å². The molecule has 2 fully saturated rings. The molecule has 0 spiro atoms. The Morgan fingerprint density at radius 1 is 1.05 bits per heavy atom. The van der Waals surface area contributed by atoms with Crippen molar-refractivity contribution in [1.29, 1.82) is 0 Å². The molecule has 14 nitrogen and oxygen atoms in total. The number of benzene rings is 2. The normalized spacial score (nSPS) is 25.4. The van der Waals surface area contributed by atoms with Crippen LogP contribution in [0.3, 0.4) is 0 Å². The number of nitrogens with one attached hydrogen (secondary N) is 2. The van der Waals surface area contributed by atoms with E-state index in [0.29, 0.717) is 26.3 Å². The van der Waals surface area contributed by atoms with Gasteiger partial charge in [0.15, 0.2) is 0 Å². The van der Waals surface area contributed by atoms with Gasteiger partial charge in [-0.3, -0.25) is 29.5 Å². The zero-order valence-electron chi connectivity index (χ0n) is 21.4. The van der Waals surface area contributed by atoms with Crippen LogP contribution in [0.15, 0.2) is 36.4 Å². The van der Waals surface area contributed by atoms with Crippen LogP contribution in [-0.2, 0) is 33.0 Å². The van der Waals surface area contributed by atoms with Gasteiger partial charge in [0.2, 0.25) is 0 Å². The van der Waals surface area contributed by atoms with Gasteiger partial charge in [0.1, 0.15) is 13.7 Å². The number of fused-ring (bicyclic) bond motifs is 1. The van der Waals surface area contributed by atoms with Crippen LogP contribution in [0.1, 0.15) is 27.0 Å². The Balaban J connectivity index is 1.41. The Hall–Kier alpha value is -3.48. The largest absolute Gasteiger partial charge is 0.381 e. The van der Waals surface area contributed by atoms with E-state index in [0.717, 1.165) is 6.07 Å². The maximum Gasteiger partial charge on any atom is 0.306 e. The summed E-state index contributed by atoms with van der Waals surface area (Å²) >= 11 is 0. The number of halogens is 1. The number of hydrogen-bond donors (Lipinski definition) is 8. The summed E-state index contributed by atoms with van der Waals surface area (Å²) in [6.45, 7) is 0.603.